The van der Waals surface area contributed by atoms with Crippen molar-refractivity contribution in [1.29, 1.82) is 5.26 Å². The molecule has 0 saturated carbocycles. The van der Waals surface area contributed by atoms with E-state index in [1.54, 1.807) is 36.4 Å². The van der Waals surface area contributed by atoms with Gasteiger partial charge in [0.2, 0.25) is 5.88 Å². The van der Waals surface area contributed by atoms with Crippen molar-refractivity contribution in [1.82, 2.24) is 15.2 Å². The van der Waals surface area contributed by atoms with Gasteiger partial charge in [-0.25, -0.2) is 4.98 Å². The highest BCUT2D eigenvalue weighted by atomic mass is 16.5. The third kappa shape index (κ3) is 3.53. The Balaban J connectivity index is 1.37. The molecule has 1 aromatic heterocycles. The molecule has 3 aliphatic heterocycles. The highest BCUT2D eigenvalue weighted by molar-refractivity contribution is 5.94. The average molecular weight is 348 g/mol. The van der Waals surface area contributed by atoms with Gasteiger partial charge in [-0.1, -0.05) is 0 Å². The number of carbonyl (C=O) groups excluding carboxylic acids is 1. The lowest BCUT2D eigenvalue weighted by molar-refractivity contribution is 0.0620. The van der Waals surface area contributed by atoms with Crippen molar-refractivity contribution < 1.29 is 9.53 Å². The number of ether oxygens (including phenoxy) is 1. The summed E-state index contributed by atoms with van der Waals surface area (Å²) < 4.78 is 5.64. The normalized spacial score (nSPS) is 23.9. The maximum atomic E-state index is 12.5. The van der Waals surface area contributed by atoms with Gasteiger partial charge < -0.3 is 15.0 Å². The van der Waals surface area contributed by atoms with Gasteiger partial charge in [0.15, 0.2) is 0 Å². The molecule has 6 heteroatoms. The summed E-state index contributed by atoms with van der Waals surface area (Å²) in [5.41, 5.74) is 1.11. The summed E-state index contributed by atoms with van der Waals surface area (Å²) in [5.74, 6) is 1.58. The summed E-state index contributed by atoms with van der Waals surface area (Å²) in [6.07, 6.45) is 3.82. The third-order valence-corrected chi connectivity index (χ3v) is 5.18. The summed E-state index contributed by atoms with van der Waals surface area (Å²) in [5, 5.41) is 12.0. The number of fused-ring (bicyclic) bond motifs is 3. The molecule has 0 unspecified atom stereocenters. The molecule has 26 heavy (non-hydrogen) atoms. The Morgan fingerprint density at radius 3 is 2.54 bits per heavy atom. The maximum absolute atomic E-state index is 12.5. The van der Waals surface area contributed by atoms with Gasteiger partial charge >= 0.3 is 0 Å². The molecule has 1 amide bonds. The first kappa shape index (κ1) is 16.6. The monoisotopic (exact) mass is 348 g/mol. The smallest absolute Gasteiger partial charge is 0.251 e. The van der Waals surface area contributed by atoms with Crippen LogP contribution in [-0.2, 0) is 0 Å². The molecule has 1 aromatic carbocycles. The molecule has 3 saturated heterocycles. The Morgan fingerprint density at radius 1 is 1.19 bits per heavy atom. The standard InChI is InChI=1S/C20H20N4O2/c21-11-14-1-6-19(22-12-14)26-17-4-2-16(3-5-17)20(25)23-18-13-24-9-7-15(18)8-10-24/h1-6,12,15,18H,7-10,13H2,(H,23,25)/t18-/m0/s1. The zero-order valence-electron chi connectivity index (χ0n) is 14.4. The Kier molecular flexibility index (Phi) is 4.55. The molecule has 1 N–H and O–H groups in total. The van der Waals surface area contributed by atoms with E-state index in [4.69, 9.17) is 10.00 Å². The van der Waals surface area contributed by atoms with Gasteiger partial charge in [0.05, 0.1) is 5.56 Å². The lowest BCUT2D eigenvalue weighted by Crippen LogP contribution is -2.57. The van der Waals surface area contributed by atoms with Crippen LogP contribution in [0.5, 0.6) is 11.6 Å². The number of nitrogens with zero attached hydrogens (tertiary/aromatic N) is 3. The second-order valence-corrected chi connectivity index (χ2v) is 6.84. The fraction of sp³-hybridized carbons (Fsp3) is 0.350. The van der Waals surface area contributed by atoms with Crippen LogP contribution in [0.25, 0.3) is 0 Å². The molecule has 6 nitrogen and oxygen atoms in total. The number of piperidine rings is 3. The summed E-state index contributed by atoms with van der Waals surface area (Å²) in [4.78, 5) is 19.0. The van der Waals surface area contributed by atoms with Crippen molar-refractivity contribution in [3.63, 3.8) is 0 Å². The lowest BCUT2D eigenvalue weighted by Gasteiger charge is -2.44. The van der Waals surface area contributed by atoms with E-state index in [0.717, 1.165) is 19.6 Å². The SMILES string of the molecule is N#Cc1ccc(Oc2ccc(C(=O)N[C@H]3CN4CCC3CC4)cc2)nc1. The predicted octanol–water partition coefficient (Wildman–Crippen LogP) is 2.57. The number of aromatic nitrogens is 1. The second-order valence-electron chi connectivity index (χ2n) is 6.84. The van der Waals surface area contributed by atoms with Gasteiger partial charge in [-0.15, -0.1) is 0 Å². The van der Waals surface area contributed by atoms with E-state index >= 15 is 0 Å². The topological polar surface area (TPSA) is 78.2 Å². The van der Waals surface area contributed by atoms with E-state index in [-0.39, 0.29) is 11.9 Å². The van der Waals surface area contributed by atoms with Crippen LogP contribution in [-0.4, -0.2) is 41.5 Å². The van der Waals surface area contributed by atoms with Gasteiger partial charge in [0.1, 0.15) is 11.8 Å². The largest absolute Gasteiger partial charge is 0.439 e. The van der Waals surface area contributed by atoms with Gasteiger partial charge in [-0.3, -0.25) is 4.79 Å². The van der Waals surface area contributed by atoms with Crippen LogP contribution in [0.4, 0.5) is 0 Å². The second kappa shape index (κ2) is 7.14. The predicted molar refractivity (Wildman–Crippen MR) is 95.9 cm³/mol. The number of hydrogen-bond donors (Lipinski definition) is 1. The number of hydrogen-bond acceptors (Lipinski definition) is 5. The molecule has 2 bridgehead atoms. The first-order valence-electron chi connectivity index (χ1n) is 8.88. The molecule has 5 rings (SSSR count). The quantitative estimate of drug-likeness (QED) is 0.919. The summed E-state index contributed by atoms with van der Waals surface area (Å²) in [7, 11) is 0. The van der Waals surface area contributed by atoms with Crippen molar-refractivity contribution in [3.05, 3.63) is 53.7 Å². The van der Waals surface area contributed by atoms with Crippen molar-refractivity contribution in [2.45, 2.75) is 18.9 Å². The summed E-state index contributed by atoms with van der Waals surface area (Å²) in [6, 6.07) is 12.6. The third-order valence-electron chi connectivity index (χ3n) is 5.18. The number of benzene rings is 1. The molecule has 2 aromatic rings. The Bertz CT molecular complexity index is 818. The minimum atomic E-state index is -0.0354. The number of amides is 1. The number of pyridine rings is 1. The van der Waals surface area contributed by atoms with Gasteiger partial charge in [0, 0.05) is 30.4 Å². The van der Waals surface area contributed by atoms with E-state index in [1.165, 1.54) is 19.0 Å². The van der Waals surface area contributed by atoms with Crippen LogP contribution >= 0.6 is 0 Å². The first-order chi connectivity index (χ1) is 12.7. The highest BCUT2D eigenvalue weighted by Gasteiger charge is 2.34. The molecular formula is C20H20N4O2. The van der Waals surface area contributed by atoms with Gasteiger partial charge in [-0.2, -0.15) is 5.26 Å². The zero-order chi connectivity index (χ0) is 17.9. The Hall–Kier alpha value is -2.91. The van der Waals surface area contributed by atoms with E-state index in [1.807, 2.05) is 6.07 Å². The van der Waals surface area contributed by atoms with Crippen LogP contribution in [0.3, 0.4) is 0 Å². The lowest BCUT2D eigenvalue weighted by atomic mass is 9.84. The van der Waals surface area contributed by atoms with Crippen molar-refractivity contribution in [3.8, 4) is 17.7 Å². The Morgan fingerprint density at radius 2 is 1.96 bits per heavy atom. The van der Waals surface area contributed by atoms with Crippen molar-refractivity contribution in [2.75, 3.05) is 19.6 Å². The van der Waals surface area contributed by atoms with E-state index in [0.29, 0.717) is 28.7 Å². The molecule has 0 spiro atoms. The van der Waals surface area contributed by atoms with E-state index < -0.39 is 0 Å². The molecule has 0 radical (unpaired) electrons. The van der Waals surface area contributed by atoms with Crippen LogP contribution in [0.1, 0.15) is 28.8 Å². The molecule has 4 heterocycles. The fourth-order valence-corrected chi connectivity index (χ4v) is 3.68. The molecular weight excluding hydrogens is 328 g/mol. The number of rotatable bonds is 4. The summed E-state index contributed by atoms with van der Waals surface area (Å²) in [6.45, 7) is 3.28. The molecule has 132 valence electrons. The van der Waals surface area contributed by atoms with Crippen molar-refractivity contribution in [2.24, 2.45) is 5.92 Å². The van der Waals surface area contributed by atoms with E-state index in [9.17, 15) is 4.79 Å². The van der Waals surface area contributed by atoms with Crippen molar-refractivity contribution >= 4 is 5.91 Å². The number of nitrogens with one attached hydrogen (secondary N) is 1. The fourth-order valence-electron chi connectivity index (χ4n) is 3.68. The number of carbonyl (C=O) groups is 1. The first-order valence-corrected chi connectivity index (χ1v) is 8.88. The minimum absolute atomic E-state index is 0.0354. The molecule has 0 aliphatic carbocycles. The van der Waals surface area contributed by atoms with Crippen LogP contribution < -0.4 is 10.1 Å². The average Bonchev–Trinajstić information content (AvgIpc) is 2.70. The van der Waals surface area contributed by atoms with Crippen LogP contribution in [0.15, 0.2) is 42.6 Å². The van der Waals surface area contributed by atoms with Gasteiger partial charge in [-0.05, 0) is 62.2 Å². The van der Waals surface area contributed by atoms with Gasteiger partial charge in [0.25, 0.3) is 5.91 Å². The molecule has 1 atom stereocenters. The highest BCUT2D eigenvalue weighted by Crippen LogP contribution is 2.28. The zero-order valence-corrected chi connectivity index (χ0v) is 14.4. The summed E-state index contributed by atoms with van der Waals surface area (Å²) >= 11 is 0. The maximum Gasteiger partial charge on any atom is 0.251 e. The number of nitriles is 1. The molecule has 3 fully saturated rings. The Labute approximate surface area is 152 Å². The van der Waals surface area contributed by atoms with E-state index in [2.05, 4.69) is 15.2 Å². The molecule has 3 aliphatic rings. The van der Waals surface area contributed by atoms with Crippen LogP contribution in [0.2, 0.25) is 0 Å². The van der Waals surface area contributed by atoms with Crippen LogP contribution in [0, 0.1) is 17.2 Å². The minimum Gasteiger partial charge on any atom is -0.439 e.